The maximum Gasteiger partial charge on any atom is 0.231 e. The highest BCUT2D eigenvalue weighted by atomic mass is 16.7. The van der Waals surface area contributed by atoms with Crippen LogP contribution in [0.1, 0.15) is 25.0 Å². The zero-order valence-electron chi connectivity index (χ0n) is 12.0. The highest BCUT2D eigenvalue weighted by molar-refractivity contribution is 5.52. The van der Waals surface area contributed by atoms with Crippen LogP contribution < -0.4 is 14.8 Å². The van der Waals surface area contributed by atoms with Gasteiger partial charge in [-0.15, -0.1) is 0 Å². The third kappa shape index (κ3) is 1.66. The molecule has 2 aliphatic rings. The Morgan fingerprint density at radius 2 is 1.79 bits per heavy atom. The predicted molar refractivity (Wildman–Crippen MR) is 72.9 cm³/mol. The fraction of sp³-hybridized carbons (Fsp3) is 0.600. The van der Waals surface area contributed by atoms with Gasteiger partial charge in [-0.05, 0) is 51.1 Å². The molecule has 0 spiro atoms. The molecule has 0 aliphatic carbocycles. The largest absolute Gasteiger partial charge is 0.454 e. The van der Waals surface area contributed by atoms with Crippen molar-refractivity contribution in [3.8, 4) is 11.5 Å². The summed E-state index contributed by atoms with van der Waals surface area (Å²) in [5.74, 6) is 1.69. The molecule has 104 valence electrons. The van der Waals surface area contributed by atoms with Crippen molar-refractivity contribution in [2.24, 2.45) is 0 Å². The summed E-state index contributed by atoms with van der Waals surface area (Å²) >= 11 is 0. The molecule has 4 nitrogen and oxygen atoms in total. The quantitative estimate of drug-likeness (QED) is 0.905. The van der Waals surface area contributed by atoms with Crippen molar-refractivity contribution >= 4 is 0 Å². The van der Waals surface area contributed by atoms with Crippen molar-refractivity contribution in [1.82, 2.24) is 5.32 Å². The molecule has 0 atom stereocenters. The monoisotopic (exact) mass is 263 g/mol. The minimum atomic E-state index is -0.0380. The Morgan fingerprint density at radius 3 is 2.32 bits per heavy atom. The Kier molecular flexibility index (Phi) is 2.76. The number of hydrogen-bond acceptors (Lipinski definition) is 4. The minimum Gasteiger partial charge on any atom is -0.454 e. The van der Waals surface area contributed by atoms with E-state index < -0.39 is 0 Å². The molecule has 4 heteroatoms. The average molecular weight is 263 g/mol. The second-order valence-corrected chi connectivity index (χ2v) is 5.97. The summed E-state index contributed by atoms with van der Waals surface area (Å²) < 4.78 is 16.5. The van der Waals surface area contributed by atoms with E-state index in [4.69, 9.17) is 14.2 Å². The van der Waals surface area contributed by atoms with Gasteiger partial charge >= 0.3 is 0 Å². The first-order valence-corrected chi connectivity index (χ1v) is 6.67. The van der Waals surface area contributed by atoms with Gasteiger partial charge in [0.1, 0.15) is 0 Å². The smallest absolute Gasteiger partial charge is 0.231 e. The molecule has 0 radical (unpaired) electrons. The fourth-order valence-electron chi connectivity index (χ4n) is 2.96. The zero-order valence-corrected chi connectivity index (χ0v) is 12.0. The molecule has 1 N–H and O–H groups in total. The molecule has 0 aromatic heterocycles. The maximum atomic E-state index is 5.54. The molecule has 2 aliphatic heterocycles. The number of rotatable bonds is 3. The number of aryl methyl sites for hydroxylation is 1. The number of fused-ring (bicyclic) bond motifs is 1. The Balaban J connectivity index is 2.10. The van der Waals surface area contributed by atoms with E-state index in [9.17, 15) is 0 Å². The molecule has 19 heavy (non-hydrogen) atoms. The van der Waals surface area contributed by atoms with Crippen LogP contribution in [0.2, 0.25) is 0 Å². The molecule has 0 unspecified atom stereocenters. The van der Waals surface area contributed by atoms with Crippen molar-refractivity contribution < 1.29 is 14.2 Å². The number of nitrogens with one attached hydrogen (secondary N) is 1. The standard InChI is InChI=1S/C15H21NO3/c1-10-5-12-13(19-9-18-12)6-11(10)15(7-17-8-15)14(2,3)16-4/h5-6,16H,7-9H2,1-4H3. The van der Waals surface area contributed by atoms with Crippen molar-refractivity contribution in [2.45, 2.75) is 31.7 Å². The average Bonchev–Trinajstić information content (AvgIpc) is 2.74. The molecule has 2 heterocycles. The topological polar surface area (TPSA) is 39.7 Å². The first kappa shape index (κ1) is 12.8. The third-order valence-electron chi connectivity index (χ3n) is 4.75. The van der Waals surface area contributed by atoms with Gasteiger partial charge in [-0.2, -0.15) is 0 Å². The molecule has 1 aromatic rings. The normalized spacial score (nSPS) is 20.2. The lowest BCUT2D eigenvalue weighted by Crippen LogP contribution is -2.66. The highest BCUT2D eigenvalue weighted by Gasteiger charge is 2.52. The van der Waals surface area contributed by atoms with E-state index >= 15 is 0 Å². The SMILES string of the molecule is CNC(C)(C)C1(c2cc3c(cc2C)OCO3)COC1. The number of hydrogen-bond donors (Lipinski definition) is 1. The van der Waals surface area contributed by atoms with Crippen molar-refractivity contribution in [3.05, 3.63) is 23.3 Å². The summed E-state index contributed by atoms with van der Waals surface area (Å²) in [6.45, 7) is 8.36. The van der Waals surface area contributed by atoms with Crippen LogP contribution in [0, 0.1) is 6.92 Å². The first-order valence-electron chi connectivity index (χ1n) is 6.67. The summed E-state index contributed by atoms with van der Waals surface area (Å²) in [6, 6.07) is 4.20. The molecule has 0 amide bonds. The van der Waals surface area contributed by atoms with E-state index in [0.29, 0.717) is 6.79 Å². The molecular weight excluding hydrogens is 242 g/mol. The van der Waals surface area contributed by atoms with Crippen LogP contribution in [0.15, 0.2) is 12.1 Å². The van der Waals surface area contributed by atoms with E-state index in [0.717, 1.165) is 24.7 Å². The fourth-order valence-corrected chi connectivity index (χ4v) is 2.96. The zero-order chi connectivity index (χ0) is 13.7. The summed E-state index contributed by atoms with van der Waals surface area (Å²) in [6.07, 6.45) is 0. The van der Waals surface area contributed by atoms with Gasteiger partial charge in [-0.1, -0.05) is 0 Å². The van der Waals surface area contributed by atoms with Gasteiger partial charge in [0, 0.05) is 5.54 Å². The molecule has 3 rings (SSSR count). The lowest BCUT2D eigenvalue weighted by Gasteiger charge is -2.53. The Morgan fingerprint density at radius 1 is 1.16 bits per heavy atom. The van der Waals surface area contributed by atoms with Gasteiger partial charge in [0.2, 0.25) is 6.79 Å². The summed E-state index contributed by atoms with van der Waals surface area (Å²) in [4.78, 5) is 0. The van der Waals surface area contributed by atoms with E-state index in [1.54, 1.807) is 0 Å². The van der Waals surface area contributed by atoms with E-state index in [2.05, 4.69) is 38.2 Å². The van der Waals surface area contributed by atoms with Crippen LogP contribution in [-0.4, -0.2) is 32.6 Å². The molecular formula is C15H21NO3. The highest BCUT2D eigenvalue weighted by Crippen LogP contribution is 2.46. The van der Waals surface area contributed by atoms with Crippen molar-refractivity contribution in [3.63, 3.8) is 0 Å². The van der Waals surface area contributed by atoms with Crippen LogP contribution in [-0.2, 0) is 10.2 Å². The van der Waals surface area contributed by atoms with Crippen molar-refractivity contribution in [2.75, 3.05) is 27.1 Å². The van der Waals surface area contributed by atoms with Gasteiger partial charge in [-0.3, -0.25) is 0 Å². The molecule has 0 saturated carbocycles. The van der Waals surface area contributed by atoms with Gasteiger partial charge in [0.25, 0.3) is 0 Å². The minimum absolute atomic E-state index is 0.00713. The van der Waals surface area contributed by atoms with Crippen LogP contribution in [0.25, 0.3) is 0 Å². The Hall–Kier alpha value is -1.26. The van der Waals surface area contributed by atoms with Crippen LogP contribution in [0.3, 0.4) is 0 Å². The van der Waals surface area contributed by atoms with Gasteiger partial charge in [0.05, 0.1) is 18.6 Å². The number of ether oxygens (including phenoxy) is 3. The molecule has 1 fully saturated rings. The number of benzene rings is 1. The van der Waals surface area contributed by atoms with E-state index in [1.165, 1.54) is 11.1 Å². The molecule has 1 aromatic carbocycles. The van der Waals surface area contributed by atoms with Gasteiger partial charge in [-0.25, -0.2) is 0 Å². The first-order chi connectivity index (χ1) is 9.00. The summed E-state index contributed by atoms with van der Waals surface area (Å²) in [5, 5.41) is 3.43. The van der Waals surface area contributed by atoms with Crippen molar-refractivity contribution in [1.29, 1.82) is 0 Å². The van der Waals surface area contributed by atoms with Crippen LogP contribution in [0.4, 0.5) is 0 Å². The van der Waals surface area contributed by atoms with E-state index in [-0.39, 0.29) is 11.0 Å². The predicted octanol–water partition coefficient (Wildman–Crippen LogP) is 1.99. The van der Waals surface area contributed by atoms with E-state index in [1.807, 2.05) is 7.05 Å². The second-order valence-electron chi connectivity index (χ2n) is 5.97. The maximum absolute atomic E-state index is 5.54. The molecule has 1 saturated heterocycles. The Labute approximate surface area is 114 Å². The van der Waals surface area contributed by atoms with Crippen LogP contribution >= 0.6 is 0 Å². The number of likely N-dealkylation sites (N-methyl/N-ethyl adjacent to an activating group) is 1. The Bertz CT molecular complexity index is 506. The lowest BCUT2D eigenvalue weighted by molar-refractivity contribution is -0.0994. The van der Waals surface area contributed by atoms with Gasteiger partial charge < -0.3 is 19.5 Å². The summed E-state index contributed by atoms with van der Waals surface area (Å²) in [7, 11) is 2.00. The van der Waals surface area contributed by atoms with Crippen LogP contribution in [0.5, 0.6) is 11.5 Å². The third-order valence-corrected chi connectivity index (χ3v) is 4.75. The molecule has 0 bridgehead atoms. The lowest BCUT2D eigenvalue weighted by atomic mass is 9.64. The van der Waals surface area contributed by atoms with Gasteiger partial charge in [0.15, 0.2) is 11.5 Å². The summed E-state index contributed by atoms with van der Waals surface area (Å²) in [5.41, 5.74) is 2.48. The second kappa shape index (κ2) is 4.12.